The molecule has 0 aromatic rings. The van der Waals surface area contributed by atoms with E-state index in [1.807, 2.05) is 11.8 Å². The molecule has 0 saturated heterocycles. The molecule has 2 nitrogen and oxygen atoms in total. The molecule has 0 aromatic carbocycles. The lowest BCUT2D eigenvalue weighted by Crippen LogP contribution is -2.36. The van der Waals surface area contributed by atoms with Crippen molar-refractivity contribution < 1.29 is 0 Å². The number of hydrogen-bond acceptors (Lipinski definition) is 3. The summed E-state index contributed by atoms with van der Waals surface area (Å²) in [6.07, 6.45) is 10.1. The van der Waals surface area contributed by atoms with Crippen LogP contribution in [0.1, 0.15) is 45.4 Å². The third kappa shape index (κ3) is 8.60. The number of nitrogens with one attached hydrogen (secondary N) is 1. The molecule has 1 unspecified atom stereocenters. The quantitative estimate of drug-likeness (QED) is 0.344. The van der Waals surface area contributed by atoms with E-state index in [1.165, 1.54) is 38.5 Å². The Morgan fingerprint density at radius 2 is 1.92 bits per heavy atom. The Morgan fingerprint density at radius 1 is 1.23 bits per heavy atom. The van der Waals surface area contributed by atoms with Gasteiger partial charge in [-0.15, -0.1) is 0 Å². The van der Waals surface area contributed by atoms with Gasteiger partial charge in [0.2, 0.25) is 0 Å². The van der Waals surface area contributed by atoms with Crippen molar-refractivity contribution in [3.63, 3.8) is 0 Å². The molecule has 0 radical (unpaired) electrons. The number of unbranched alkanes of at least 4 members (excludes halogenated alkanes) is 4. The Balaban J connectivity index is 3.17. The fourth-order valence-corrected chi connectivity index (χ4v) is 2.08. The highest BCUT2D eigenvalue weighted by Gasteiger charge is 2.03. The van der Waals surface area contributed by atoms with Crippen LogP contribution < -0.4 is 11.3 Å². The van der Waals surface area contributed by atoms with Crippen LogP contribution >= 0.6 is 11.8 Å². The van der Waals surface area contributed by atoms with Crippen molar-refractivity contribution in [1.29, 1.82) is 0 Å². The highest BCUT2D eigenvalue weighted by atomic mass is 32.2. The smallest absolute Gasteiger partial charge is 0.0301 e. The van der Waals surface area contributed by atoms with Gasteiger partial charge in [-0.05, 0) is 12.7 Å². The minimum atomic E-state index is 0.511. The summed E-state index contributed by atoms with van der Waals surface area (Å²) in [4.78, 5) is 0. The zero-order valence-electron chi connectivity index (χ0n) is 9.01. The minimum Gasteiger partial charge on any atom is -0.271 e. The summed E-state index contributed by atoms with van der Waals surface area (Å²) in [7, 11) is 0. The first-order valence-electron chi connectivity index (χ1n) is 5.30. The van der Waals surface area contributed by atoms with E-state index < -0.39 is 0 Å². The van der Waals surface area contributed by atoms with Crippen LogP contribution in [0.15, 0.2) is 0 Å². The van der Waals surface area contributed by atoms with Crippen molar-refractivity contribution in [2.45, 2.75) is 51.5 Å². The van der Waals surface area contributed by atoms with Gasteiger partial charge in [0.05, 0.1) is 0 Å². The Labute approximate surface area is 87.0 Å². The van der Waals surface area contributed by atoms with Crippen LogP contribution in [0.4, 0.5) is 0 Å². The van der Waals surface area contributed by atoms with Gasteiger partial charge in [0.1, 0.15) is 0 Å². The summed E-state index contributed by atoms with van der Waals surface area (Å²) in [5.74, 6) is 6.57. The lowest BCUT2D eigenvalue weighted by Gasteiger charge is -2.13. The van der Waals surface area contributed by atoms with E-state index in [2.05, 4.69) is 18.6 Å². The lowest BCUT2D eigenvalue weighted by atomic mass is 10.1. The Morgan fingerprint density at radius 3 is 2.46 bits per heavy atom. The fourth-order valence-electron chi connectivity index (χ4n) is 1.41. The second kappa shape index (κ2) is 10.4. The second-order valence-corrected chi connectivity index (χ2v) is 4.43. The summed E-state index contributed by atoms with van der Waals surface area (Å²) in [6, 6.07) is 0.511. The van der Waals surface area contributed by atoms with Crippen LogP contribution in [0.3, 0.4) is 0 Å². The Kier molecular flexibility index (Phi) is 10.6. The summed E-state index contributed by atoms with van der Waals surface area (Å²) in [5.41, 5.74) is 2.87. The van der Waals surface area contributed by atoms with Gasteiger partial charge in [-0.3, -0.25) is 11.3 Å². The maximum Gasteiger partial charge on any atom is 0.0301 e. The molecule has 0 saturated carbocycles. The average Bonchev–Trinajstić information content (AvgIpc) is 2.16. The normalized spacial score (nSPS) is 13.2. The number of hydrogen-bond donors (Lipinski definition) is 2. The average molecular weight is 204 g/mol. The Hall–Kier alpha value is 0.270. The number of thioether (sulfide) groups is 1. The number of rotatable bonds is 9. The van der Waals surface area contributed by atoms with E-state index in [0.29, 0.717) is 6.04 Å². The maximum absolute atomic E-state index is 5.44. The van der Waals surface area contributed by atoms with Gasteiger partial charge in [0.15, 0.2) is 0 Å². The topological polar surface area (TPSA) is 38.0 Å². The molecule has 0 heterocycles. The van der Waals surface area contributed by atoms with Crippen molar-refractivity contribution >= 4 is 11.8 Å². The number of hydrazine groups is 1. The maximum atomic E-state index is 5.44. The molecule has 3 heteroatoms. The summed E-state index contributed by atoms with van der Waals surface area (Å²) < 4.78 is 0. The van der Waals surface area contributed by atoms with Crippen LogP contribution in [0.5, 0.6) is 0 Å². The van der Waals surface area contributed by atoms with Gasteiger partial charge in [0, 0.05) is 11.8 Å². The summed E-state index contributed by atoms with van der Waals surface area (Å²) >= 11 is 1.86. The van der Waals surface area contributed by atoms with E-state index in [4.69, 9.17) is 5.84 Å². The molecule has 1 atom stereocenters. The van der Waals surface area contributed by atoms with Gasteiger partial charge >= 0.3 is 0 Å². The fraction of sp³-hybridized carbons (Fsp3) is 1.00. The molecular formula is C10H24N2S. The van der Waals surface area contributed by atoms with E-state index in [9.17, 15) is 0 Å². The van der Waals surface area contributed by atoms with E-state index in [1.54, 1.807) is 0 Å². The lowest BCUT2D eigenvalue weighted by molar-refractivity contribution is 0.497. The highest BCUT2D eigenvalue weighted by Crippen LogP contribution is 2.09. The van der Waals surface area contributed by atoms with Crippen LogP contribution in [-0.4, -0.2) is 18.1 Å². The number of nitrogens with two attached hydrogens (primary N) is 1. The summed E-state index contributed by atoms with van der Waals surface area (Å²) in [6.45, 7) is 2.25. The zero-order chi connectivity index (χ0) is 9.94. The standard InChI is InChI=1S/C10H24N2S/c1-3-4-5-6-7-8-10(12-11)9-13-2/h10,12H,3-9,11H2,1-2H3. The van der Waals surface area contributed by atoms with Gasteiger partial charge in [0.25, 0.3) is 0 Å². The third-order valence-corrected chi connectivity index (χ3v) is 3.00. The molecule has 0 aliphatic carbocycles. The predicted molar refractivity (Wildman–Crippen MR) is 62.9 cm³/mol. The van der Waals surface area contributed by atoms with Crippen molar-refractivity contribution in [2.75, 3.05) is 12.0 Å². The van der Waals surface area contributed by atoms with Crippen molar-refractivity contribution in [3.05, 3.63) is 0 Å². The molecule has 80 valence electrons. The van der Waals surface area contributed by atoms with Crippen LogP contribution in [-0.2, 0) is 0 Å². The summed E-state index contributed by atoms with van der Waals surface area (Å²) in [5, 5.41) is 0. The monoisotopic (exact) mass is 204 g/mol. The zero-order valence-corrected chi connectivity index (χ0v) is 9.83. The minimum absolute atomic E-state index is 0.511. The van der Waals surface area contributed by atoms with Crippen LogP contribution in [0.2, 0.25) is 0 Å². The molecule has 0 bridgehead atoms. The van der Waals surface area contributed by atoms with E-state index in [-0.39, 0.29) is 0 Å². The van der Waals surface area contributed by atoms with Crippen molar-refractivity contribution in [3.8, 4) is 0 Å². The molecule has 0 spiro atoms. The van der Waals surface area contributed by atoms with Gasteiger partial charge in [-0.2, -0.15) is 11.8 Å². The largest absolute Gasteiger partial charge is 0.271 e. The first kappa shape index (κ1) is 13.3. The van der Waals surface area contributed by atoms with Gasteiger partial charge in [-0.25, -0.2) is 0 Å². The molecule has 0 aliphatic rings. The highest BCUT2D eigenvalue weighted by molar-refractivity contribution is 7.98. The first-order valence-corrected chi connectivity index (χ1v) is 6.69. The van der Waals surface area contributed by atoms with E-state index in [0.717, 1.165) is 5.75 Å². The SMILES string of the molecule is CCCCCCCC(CSC)NN. The van der Waals surface area contributed by atoms with Gasteiger partial charge in [-0.1, -0.05) is 39.0 Å². The van der Waals surface area contributed by atoms with Crippen molar-refractivity contribution in [1.82, 2.24) is 5.43 Å². The van der Waals surface area contributed by atoms with Crippen LogP contribution in [0.25, 0.3) is 0 Å². The van der Waals surface area contributed by atoms with Crippen molar-refractivity contribution in [2.24, 2.45) is 5.84 Å². The molecule has 3 N–H and O–H groups in total. The molecular weight excluding hydrogens is 180 g/mol. The Bertz CT molecular complexity index is 98.9. The molecule has 0 aromatic heterocycles. The molecule has 0 fully saturated rings. The first-order chi connectivity index (χ1) is 6.35. The molecule has 13 heavy (non-hydrogen) atoms. The van der Waals surface area contributed by atoms with E-state index >= 15 is 0 Å². The second-order valence-electron chi connectivity index (χ2n) is 3.52. The predicted octanol–water partition coefficient (Wildman–Crippen LogP) is 2.54. The molecule has 0 amide bonds. The molecule has 0 rings (SSSR count). The van der Waals surface area contributed by atoms with Gasteiger partial charge < -0.3 is 0 Å². The third-order valence-electron chi connectivity index (χ3n) is 2.26. The van der Waals surface area contributed by atoms with Crippen LogP contribution in [0, 0.1) is 0 Å². The molecule has 0 aliphatic heterocycles.